The Morgan fingerprint density at radius 2 is 1.11 bits per heavy atom. The predicted molar refractivity (Wildman–Crippen MR) is 214 cm³/mol. The Balaban J connectivity index is 0.000000194. The molecule has 0 radical (unpaired) electrons. The Bertz CT molecular complexity index is 2320. The maximum Gasteiger partial charge on any atom is 0.277 e. The second kappa shape index (κ2) is 18.8. The molecule has 1 aliphatic rings. The van der Waals surface area contributed by atoms with Crippen LogP contribution in [0.4, 0.5) is 11.4 Å². The van der Waals surface area contributed by atoms with Crippen molar-refractivity contribution in [2.45, 2.75) is 46.2 Å². The van der Waals surface area contributed by atoms with E-state index in [0.717, 1.165) is 17.4 Å². The number of carbonyl (C=O) groups excluding carboxylic acids is 3. The first-order valence-electron chi connectivity index (χ1n) is 17.8. The number of carbonyl (C=O) groups is 3. The molecule has 2 N–H and O–H groups in total. The van der Waals surface area contributed by atoms with Crippen molar-refractivity contribution < 1.29 is 42.4 Å². The number of rotatable bonds is 12. The average Bonchev–Trinajstić information content (AvgIpc) is 4.01. The zero-order chi connectivity index (χ0) is 40.5. The van der Waals surface area contributed by atoms with Gasteiger partial charge in [-0.1, -0.05) is 82.0 Å². The van der Waals surface area contributed by atoms with Crippen LogP contribution in [-0.2, 0) is 9.47 Å². The van der Waals surface area contributed by atoms with E-state index >= 15 is 0 Å². The molecule has 6 aromatic rings. The zero-order valence-electron chi connectivity index (χ0n) is 31.3. The van der Waals surface area contributed by atoms with Crippen LogP contribution in [-0.4, -0.2) is 53.8 Å². The quantitative estimate of drug-likeness (QED) is 0.113. The van der Waals surface area contributed by atoms with Gasteiger partial charge in [0, 0.05) is 45.8 Å². The molecule has 0 aliphatic carbocycles. The molecule has 1 fully saturated rings. The highest BCUT2D eigenvalue weighted by atomic mass is 35.5. The van der Waals surface area contributed by atoms with Crippen LogP contribution in [0.15, 0.2) is 106 Å². The molecule has 1 saturated heterocycles. The monoisotopic (exact) mass is 812 g/mol. The first-order chi connectivity index (χ1) is 27.4. The Morgan fingerprint density at radius 3 is 1.51 bits per heavy atom. The number of ether oxygens (including phenoxy) is 4. The van der Waals surface area contributed by atoms with Crippen LogP contribution < -0.4 is 20.1 Å². The van der Waals surface area contributed by atoms with Crippen LogP contribution in [0.5, 0.6) is 11.5 Å². The van der Waals surface area contributed by atoms with Gasteiger partial charge in [-0.05, 0) is 64.1 Å². The SMILES string of the molecule is CC(C)Oc1ccc(NC(=O)c2cc(-c3ccc(C4OCCO4)cc3)on2)cc1Cl.CC(C)Oc1ccc(NC(=O)c2cc(-c3ccc(C=O)cc3)on2)cc1Cl. The average molecular weight is 814 g/mol. The van der Waals surface area contributed by atoms with E-state index < -0.39 is 11.8 Å². The lowest BCUT2D eigenvalue weighted by Gasteiger charge is -2.12. The van der Waals surface area contributed by atoms with E-state index in [9.17, 15) is 14.4 Å². The van der Waals surface area contributed by atoms with Gasteiger partial charge in [0.05, 0.1) is 35.5 Å². The van der Waals surface area contributed by atoms with E-state index in [1.807, 2.05) is 52.0 Å². The second-order valence-corrected chi connectivity index (χ2v) is 13.9. The third kappa shape index (κ3) is 10.9. The number of nitrogens with one attached hydrogen (secondary N) is 2. The Labute approximate surface area is 338 Å². The molecule has 0 bridgehead atoms. The van der Waals surface area contributed by atoms with Crippen molar-refractivity contribution in [1.82, 2.24) is 10.3 Å². The molecule has 13 nitrogen and oxygen atoms in total. The highest BCUT2D eigenvalue weighted by Gasteiger charge is 2.20. The fourth-order valence-corrected chi connectivity index (χ4v) is 5.81. The third-order valence-corrected chi connectivity index (χ3v) is 8.60. The second-order valence-electron chi connectivity index (χ2n) is 13.1. The van der Waals surface area contributed by atoms with Crippen molar-refractivity contribution in [3.05, 3.63) is 130 Å². The molecule has 2 aromatic heterocycles. The summed E-state index contributed by atoms with van der Waals surface area (Å²) in [5.74, 6) is 1.19. The molecule has 2 amide bonds. The van der Waals surface area contributed by atoms with E-state index in [1.165, 1.54) is 6.07 Å². The number of hydrogen-bond donors (Lipinski definition) is 2. The van der Waals surface area contributed by atoms with Gasteiger partial charge < -0.3 is 38.6 Å². The van der Waals surface area contributed by atoms with Crippen molar-refractivity contribution in [3.8, 4) is 34.1 Å². The summed E-state index contributed by atoms with van der Waals surface area (Å²) in [6.07, 6.45) is 0.422. The van der Waals surface area contributed by atoms with Crippen molar-refractivity contribution in [2.24, 2.45) is 0 Å². The summed E-state index contributed by atoms with van der Waals surface area (Å²) >= 11 is 12.4. The number of halogens is 2. The Kier molecular flexibility index (Phi) is 13.4. The van der Waals surface area contributed by atoms with Crippen LogP contribution in [0, 0.1) is 0 Å². The van der Waals surface area contributed by atoms with E-state index in [2.05, 4.69) is 20.9 Å². The predicted octanol–water partition coefficient (Wildman–Crippen LogP) is 9.93. The van der Waals surface area contributed by atoms with Crippen LogP contribution in [0.1, 0.15) is 70.9 Å². The summed E-state index contributed by atoms with van der Waals surface area (Å²) in [7, 11) is 0. The lowest BCUT2D eigenvalue weighted by Crippen LogP contribution is -2.12. The van der Waals surface area contributed by atoms with Gasteiger partial charge in [0.25, 0.3) is 11.8 Å². The normalized spacial score (nSPS) is 12.6. The summed E-state index contributed by atoms with van der Waals surface area (Å²) < 4.78 is 32.7. The Hall–Kier alpha value is -5.99. The smallest absolute Gasteiger partial charge is 0.277 e. The number of benzene rings is 4. The lowest BCUT2D eigenvalue weighted by molar-refractivity contribution is -0.0441. The number of nitrogens with zero attached hydrogens (tertiary/aromatic N) is 2. The number of aldehydes is 1. The van der Waals surface area contributed by atoms with E-state index in [-0.39, 0.29) is 29.9 Å². The van der Waals surface area contributed by atoms with Gasteiger partial charge in [0.15, 0.2) is 29.2 Å². The summed E-state index contributed by atoms with van der Waals surface area (Å²) in [6.45, 7) is 8.81. The maximum atomic E-state index is 12.5. The van der Waals surface area contributed by atoms with Gasteiger partial charge in [0.2, 0.25) is 0 Å². The molecule has 0 unspecified atom stereocenters. The summed E-state index contributed by atoms with van der Waals surface area (Å²) in [4.78, 5) is 35.6. The molecule has 0 saturated carbocycles. The molecule has 294 valence electrons. The fraction of sp³-hybridized carbons (Fsp3) is 0.214. The first kappa shape index (κ1) is 40.7. The topological polar surface area (TPSA) is 164 Å². The van der Waals surface area contributed by atoms with Crippen molar-refractivity contribution in [3.63, 3.8) is 0 Å². The largest absolute Gasteiger partial charge is 0.489 e. The van der Waals surface area contributed by atoms with Crippen molar-refractivity contribution >= 4 is 52.7 Å². The summed E-state index contributed by atoms with van der Waals surface area (Å²) in [5, 5.41) is 14.0. The maximum absolute atomic E-state index is 12.5. The van der Waals surface area contributed by atoms with Gasteiger partial charge in [-0.3, -0.25) is 14.4 Å². The number of hydrogen-bond acceptors (Lipinski definition) is 11. The van der Waals surface area contributed by atoms with E-state index in [0.29, 0.717) is 68.8 Å². The molecule has 4 aromatic carbocycles. The third-order valence-electron chi connectivity index (χ3n) is 8.01. The van der Waals surface area contributed by atoms with Crippen molar-refractivity contribution in [2.75, 3.05) is 23.8 Å². The minimum atomic E-state index is -0.428. The molecule has 7 rings (SSSR count). The molecule has 0 spiro atoms. The summed E-state index contributed by atoms with van der Waals surface area (Å²) in [6, 6.07) is 27.5. The molecular formula is C42H38Cl2N4O9. The van der Waals surface area contributed by atoms with Gasteiger partial charge in [-0.15, -0.1) is 0 Å². The van der Waals surface area contributed by atoms with Crippen LogP contribution in [0.3, 0.4) is 0 Å². The fourth-order valence-electron chi connectivity index (χ4n) is 5.36. The minimum Gasteiger partial charge on any atom is -0.489 e. The van der Waals surface area contributed by atoms with E-state index in [4.69, 9.17) is 51.2 Å². The highest BCUT2D eigenvalue weighted by molar-refractivity contribution is 6.32. The van der Waals surface area contributed by atoms with Gasteiger partial charge in [-0.2, -0.15) is 0 Å². The molecule has 57 heavy (non-hydrogen) atoms. The summed E-state index contributed by atoms with van der Waals surface area (Å²) in [5.41, 5.74) is 4.33. The highest BCUT2D eigenvalue weighted by Crippen LogP contribution is 2.31. The molecule has 3 heterocycles. The molecular weight excluding hydrogens is 775 g/mol. The molecule has 1 aliphatic heterocycles. The van der Waals surface area contributed by atoms with Gasteiger partial charge >= 0.3 is 0 Å². The lowest BCUT2D eigenvalue weighted by atomic mass is 10.1. The number of amides is 2. The van der Waals surface area contributed by atoms with Gasteiger partial charge in [0.1, 0.15) is 17.8 Å². The number of anilines is 2. The number of aromatic nitrogens is 2. The minimum absolute atomic E-state index is 0.00269. The Morgan fingerprint density at radius 1 is 0.667 bits per heavy atom. The standard InChI is InChI=1S/C22H21ClN2O5.C20H17ClN2O4/c1-13(2)29-19-8-7-16(11-17(19)23)24-21(26)18-12-20(30-25-18)14-3-5-15(6-4-14)22-27-9-10-28-22;1-12(2)26-18-8-7-15(9-16(18)21)22-20(25)17-10-19(27-23-17)14-5-3-13(11-24)4-6-14/h3-8,11-13,22H,9-10H2,1-2H3,(H,24,26);3-12H,1-2H3,(H,22,25). The van der Waals surface area contributed by atoms with Gasteiger partial charge in [-0.25, -0.2) is 0 Å². The zero-order valence-corrected chi connectivity index (χ0v) is 32.8. The van der Waals surface area contributed by atoms with Crippen LogP contribution in [0.2, 0.25) is 10.0 Å². The van der Waals surface area contributed by atoms with Crippen LogP contribution in [0.25, 0.3) is 22.6 Å². The van der Waals surface area contributed by atoms with Crippen LogP contribution >= 0.6 is 23.2 Å². The van der Waals surface area contributed by atoms with Crippen molar-refractivity contribution in [1.29, 1.82) is 0 Å². The van der Waals surface area contributed by atoms with E-state index in [1.54, 1.807) is 66.7 Å². The molecule has 15 heteroatoms. The first-order valence-corrected chi connectivity index (χ1v) is 18.6. The molecule has 0 atom stereocenters.